The van der Waals surface area contributed by atoms with E-state index in [4.69, 9.17) is 14.2 Å². The van der Waals surface area contributed by atoms with Gasteiger partial charge in [0.05, 0.1) is 13.0 Å². The minimum Gasteiger partial charge on any atom is -0.465 e. The Hall–Kier alpha value is -1.81. The van der Waals surface area contributed by atoms with Crippen molar-refractivity contribution in [3.05, 3.63) is 42.5 Å². The Bertz CT molecular complexity index is 432. The molecule has 0 amide bonds. The van der Waals surface area contributed by atoms with Crippen molar-refractivity contribution >= 4 is 5.97 Å². The number of ether oxygens (including phenoxy) is 3. The summed E-state index contributed by atoms with van der Waals surface area (Å²) in [7, 11) is 0. The Labute approximate surface area is 119 Å². The molecule has 0 bridgehead atoms. The summed E-state index contributed by atoms with van der Waals surface area (Å²) in [6, 6.07) is 7.45. The van der Waals surface area contributed by atoms with Gasteiger partial charge in [-0.05, 0) is 30.5 Å². The van der Waals surface area contributed by atoms with Gasteiger partial charge in [0.2, 0.25) is 0 Å². The summed E-state index contributed by atoms with van der Waals surface area (Å²) in [5, 5.41) is 0. The lowest BCUT2D eigenvalue weighted by Gasteiger charge is -2.23. The lowest BCUT2D eigenvalue weighted by molar-refractivity contribution is -0.141. The second kappa shape index (κ2) is 7.70. The zero-order valence-corrected chi connectivity index (χ0v) is 11.5. The molecule has 1 atom stereocenters. The van der Waals surface area contributed by atoms with E-state index in [1.807, 2.05) is 24.3 Å². The number of hydrogen-bond acceptors (Lipinski definition) is 4. The predicted molar refractivity (Wildman–Crippen MR) is 75.5 cm³/mol. The Morgan fingerprint density at radius 2 is 2.15 bits per heavy atom. The third kappa shape index (κ3) is 4.70. The van der Waals surface area contributed by atoms with Crippen molar-refractivity contribution < 1.29 is 19.0 Å². The number of carbonyl (C=O) groups is 1. The SMILES string of the molecule is C=CCOC(=O)Cc1ccc(OC2CCCCO2)cc1. The molecule has 1 aromatic carbocycles. The molecule has 0 spiro atoms. The Kier molecular flexibility index (Phi) is 5.62. The van der Waals surface area contributed by atoms with E-state index in [0.29, 0.717) is 0 Å². The second-order valence-electron chi connectivity index (χ2n) is 4.71. The fourth-order valence-corrected chi connectivity index (χ4v) is 2.01. The summed E-state index contributed by atoms with van der Waals surface area (Å²) in [5.41, 5.74) is 0.899. The molecule has 4 nitrogen and oxygen atoms in total. The van der Waals surface area contributed by atoms with Crippen LogP contribution in [0.15, 0.2) is 36.9 Å². The highest BCUT2D eigenvalue weighted by Crippen LogP contribution is 2.19. The molecule has 0 saturated carbocycles. The summed E-state index contributed by atoms with van der Waals surface area (Å²) in [6.07, 6.45) is 4.83. The zero-order valence-electron chi connectivity index (χ0n) is 11.5. The van der Waals surface area contributed by atoms with Gasteiger partial charge in [0.25, 0.3) is 0 Å². The quantitative estimate of drug-likeness (QED) is 0.592. The topological polar surface area (TPSA) is 44.8 Å². The number of rotatable bonds is 6. The maximum atomic E-state index is 11.5. The highest BCUT2D eigenvalue weighted by atomic mass is 16.7. The van der Waals surface area contributed by atoms with Crippen LogP contribution in [0.1, 0.15) is 24.8 Å². The molecule has 1 aliphatic heterocycles. The first-order valence-corrected chi connectivity index (χ1v) is 6.91. The summed E-state index contributed by atoms with van der Waals surface area (Å²) in [6.45, 7) is 4.51. The number of hydrogen-bond donors (Lipinski definition) is 0. The summed E-state index contributed by atoms with van der Waals surface area (Å²) >= 11 is 0. The number of carbonyl (C=O) groups excluding carboxylic acids is 1. The van der Waals surface area contributed by atoms with E-state index in [-0.39, 0.29) is 25.3 Å². The van der Waals surface area contributed by atoms with Crippen LogP contribution in [0.2, 0.25) is 0 Å². The minimum atomic E-state index is -0.255. The van der Waals surface area contributed by atoms with Crippen LogP contribution in [0.4, 0.5) is 0 Å². The molecule has 2 rings (SSSR count). The third-order valence-corrected chi connectivity index (χ3v) is 3.04. The molecule has 0 aromatic heterocycles. The molecule has 1 aromatic rings. The van der Waals surface area contributed by atoms with Crippen LogP contribution in [0.25, 0.3) is 0 Å². The highest BCUT2D eigenvalue weighted by molar-refractivity contribution is 5.72. The van der Waals surface area contributed by atoms with E-state index in [2.05, 4.69) is 6.58 Å². The van der Waals surface area contributed by atoms with Gasteiger partial charge in [0, 0.05) is 6.42 Å². The molecule has 20 heavy (non-hydrogen) atoms. The van der Waals surface area contributed by atoms with E-state index in [1.165, 1.54) is 0 Å². The first-order chi connectivity index (χ1) is 9.78. The highest BCUT2D eigenvalue weighted by Gasteiger charge is 2.15. The van der Waals surface area contributed by atoms with E-state index in [0.717, 1.165) is 37.2 Å². The first kappa shape index (κ1) is 14.6. The van der Waals surface area contributed by atoms with Crippen LogP contribution < -0.4 is 4.74 Å². The lowest BCUT2D eigenvalue weighted by Crippen LogP contribution is -2.24. The van der Waals surface area contributed by atoms with Crippen molar-refractivity contribution in [1.29, 1.82) is 0 Å². The Balaban J connectivity index is 1.82. The predicted octanol–water partition coefficient (Wildman–Crippen LogP) is 2.86. The molecule has 1 unspecified atom stereocenters. The molecule has 1 aliphatic rings. The Morgan fingerprint density at radius 3 is 2.80 bits per heavy atom. The monoisotopic (exact) mass is 276 g/mol. The minimum absolute atomic E-state index is 0.146. The average Bonchev–Trinajstić information content (AvgIpc) is 2.48. The standard InChI is InChI=1S/C16H20O4/c1-2-10-18-15(17)12-13-6-8-14(9-7-13)20-16-5-3-4-11-19-16/h2,6-9,16H,1,3-5,10-12H2. The van der Waals surface area contributed by atoms with Gasteiger partial charge >= 0.3 is 5.97 Å². The molecular formula is C16H20O4. The van der Waals surface area contributed by atoms with E-state index >= 15 is 0 Å². The summed E-state index contributed by atoms with van der Waals surface area (Å²) in [4.78, 5) is 11.5. The van der Waals surface area contributed by atoms with Gasteiger partial charge in [0.1, 0.15) is 12.4 Å². The van der Waals surface area contributed by atoms with Crippen LogP contribution in [0.5, 0.6) is 5.75 Å². The molecule has 1 heterocycles. The van der Waals surface area contributed by atoms with Crippen molar-refractivity contribution in [2.24, 2.45) is 0 Å². The molecular weight excluding hydrogens is 256 g/mol. The molecule has 1 saturated heterocycles. The zero-order chi connectivity index (χ0) is 14.2. The van der Waals surface area contributed by atoms with Crippen LogP contribution in [-0.2, 0) is 20.7 Å². The first-order valence-electron chi connectivity index (χ1n) is 6.91. The van der Waals surface area contributed by atoms with Crippen LogP contribution >= 0.6 is 0 Å². The van der Waals surface area contributed by atoms with Gasteiger partial charge in [-0.1, -0.05) is 24.8 Å². The smallest absolute Gasteiger partial charge is 0.310 e. The van der Waals surface area contributed by atoms with E-state index in [9.17, 15) is 4.79 Å². The van der Waals surface area contributed by atoms with Crippen molar-refractivity contribution in [2.45, 2.75) is 32.0 Å². The molecule has 0 N–H and O–H groups in total. The van der Waals surface area contributed by atoms with Gasteiger partial charge in [-0.2, -0.15) is 0 Å². The fourth-order valence-electron chi connectivity index (χ4n) is 2.01. The Morgan fingerprint density at radius 1 is 1.35 bits per heavy atom. The molecule has 108 valence electrons. The fraction of sp³-hybridized carbons (Fsp3) is 0.438. The van der Waals surface area contributed by atoms with Gasteiger partial charge < -0.3 is 14.2 Å². The average molecular weight is 276 g/mol. The van der Waals surface area contributed by atoms with Crippen molar-refractivity contribution in [2.75, 3.05) is 13.2 Å². The molecule has 0 aliphatic carbocycles. The third-order valence-electron chi connectivity index (χ3n) is 3.04. The largest absolute Gasteiger partial charge is 0.465 e. The van der Waals surface area contributed by atoms with Gasteiger partial charge in [0.15, 0.2) is 6.29 Å². The molecule has 4 heteroatoms. The van der Waals surface area contributed by atoms with Crippen molar-refractivity contribution in [1.82, 2.24) is 0 Å². The maximum Gasteiger partial charge on any atom is 0.310 e. The summed E-state index contributed by atoms with van der Waals surface area (Å²) < 4.78 is 16.2. The van der Waals surface area contributed by atoms with Gasteiger partial charge in [-0.15, -0.1) is 0 Å². The van der Waals surface area contributed by atoms with Gasteiger partial charge in [-0.3, -0.25) is 4.79 Å². The molecule has 0 radical (unpaired) electrons. The normalized spacial score (nSPS) is 18.3. The summed E-state index contributed by atoms with van der Waals surface area (Å²) in [5.74, 6) is 0.509. The van der Waals surface area contributed by atoms with Crippen LogP contribution in [0.3, 0.4) is 0 Å². The lowest BCUT2D eigenvalue weighted by atomic mass is 10.1. The van der Waals surface area contributed by atoms with E-state index < -0.39 is 0 Å². The molecule has 1 fully saturated rings. The van der Waals surface area contributed by atoms with Crippen molar-refractivity contribution in [3.63, 3.8) is 0 Å². The van der Waals surface area contributed by atoms with Crippen LogP contribution in [0, 0.1) is 0 Å². The van der Waals surface area contributed by atoms with Crippen LogP contribution in [-0.4, -0.2) is 25.5 Å². The number of benzene rings is 1. The van der Waals surface area contributed by atoms with E-state index in [1.54, 1.807) is 6.08 Å². The maximum absolute atomic E-state index is 11.5. The van der Waals surface area contributed by atoms with Gasteiger partial charge in [-0.25, -0.2) is 0 Å². The number of esters is 1. The van der Waals surface area contributed by atoms with Crippen molar-refractivity contribution in [3.8, 4) is 5.75 Å². The second-order valence-corrected chi connectivity index (χ2v) is 4.71.